The molecule has 0 aliphatic rings. The van der Waals surface area contributed by atoms with Crippen molar-refractivity contribution < 1.29 is 9.90 Å². The van der Waals surface area contributed by atoms with E-state index in [0.29, 0.717) is 5.16 Å². The van der Waals surface area contributed by atoms with Crippen LogP contribution in [-0.2, 0) is 11.3 Å². The summed E-state index contributed by atoms with van der Waals surface area (Å²) in [7, 11) is 0. The Labute approximate surface area is 89.4 Å². The summed E-state index contributed by atoms with van der Waals surface area (Å²) in [5.74, 6) is 0.926. The fourth-order valence-electron chi connectivity index (χ4n) is 0.743. The standard InChI is InChI=1S/C6H10N4O2S2/c1-13-2-3-14-6-7-8-9-10(6)4-5(11)12/h2-4H2,1H3,(H,11,12). The van der Waals surface area contributed by atoms with E-state index in [0.717, 1.165) is 11.5 Å². The monoisotopic (exact) mass is 234 g/mol. The molecule has 0 radical (unpaired) electrons. The summed E-state index contributed by atoms with van der Waals surface area (Å²) in [5, 5.41) is 19.8. The molecule has 0 amide bonds. The Hall–Kier alpha value is -0.760. The first-order valence-corrected chi connectivity index (χ1v) is 6.21. The van der Waals surface area contributed by atoms with Crippen LogP contribution in [0.15, 0.2) is 5.16 Å². The van der Waals surface area contributed by atoms with E-state index in [-0.39, 0.29) is 6.54 Å². The number of hydrogen-bond acceptors (Lipinski definition) is 6. The molecule has 0 bridgehead atoms. The highest BCUT2D eigenvalue weighted by Crippen LogP contribution is 2.14. The molecule has 0 saturated carbocycles. The van der Waals surface area contributed by atoms with Crippen molar-refractivity contribution in [3.63, 3.8) is 0 Å². The van der Waals surface area contributed by atoms with Crippen molar-refractivity contribution >= 4 is 29.5 Å². The lowest BCUT2D eigenvalue weighted by Crippen LogP contribution is -2.11. The Morgan fingerprint density at radius 3 is 3.00 bits per heavy atom. The lowest BCUT2D eigenvalue weighted by atomic mass is 10.7. The van der Waals surface area contributed by atoms with Gasteiger partial charge in [0.25, 0.3) is 0 Å². The van der Waals surface area contributed by atoms with E-state index >= 15 is 0 Å². The highest BCUT2D eigenvalue weighted by molar-refractivity contribution is 8.02. The van der Waals surface area contributed by atoms with Gasteiger partial charge in [0.15, 0.2) is 0 Å². The number of thioether (sulfide) groups is 2. The predicted octanol–water partition coefficient (Wildman–Crippen LogP) is 0.213. The molecule has 1 heterocycles. The number of carbonyl (C=O) groups is 1. The molecule has 1 aromatic rings. The van der Waals surface area contributed by atoms with Crippen LogP contribution in [0.3, 0.4) is 0 Å². The van der Waals surface area contributed by atoms with Crippen molar-refractivity contribution in [1.82, 2.24) is 20.2 Å². The summed E-state index contributed by atoms with van der Waals surface area (Å²) in [4.78, 5) is 10.4. The molecule has 6 nitrogen and oxygen atoms in total. The van der Waals surface area contributed by atoms with Crippen molar-refractivity contribution in [1.29, 1.82) is 0 Å². The van der Waals surface area contributed by atoms with Crippen molar-refractivity contribution in [3.8, 4) is 0 Å². The Morgan fingerprint density at radius 2 is 2.36 bits per heavy atom. The molecule has 0 spiro atoms. The van der Waals surface area contributed by atoms with E-state index in [1.165, 1.54) is 16.4 Å². The van der Waals surface area contributed by atoms with Crippen LogP contribution in [0.5, 0.6) is 0 Å². The lowest BCUT2D eigenvalue weighted by molar-refractivity contribution is -0.138. The average molecular weight is 234 g/mol. The fourth-order valence-corrected chi connectivity index (χ4v) is 2.27. The van der Waals surface area contributed by atoms with Crippen LogP contribution in [0, 0.1) is 0 Å². The molecular formula is C6H10N4O2S2. The second-order valence-electron chi connectivity index (χ2n) is 2.35. The van der Waals surface area contributed by atoms with Gasteiger partial charge in [0.05, 0.1) is 0 Å². The molecule has 78 valence electrons. The van der Waals surface area contributed by atoms with Gasteiger partial charge in [0, 0.05) is 11.5 Å². The van der Waals surface area contributed by atoms with Crippen molar-refractivity contribution in [2.75, 3.05) is 17.8 Å². The number of nitrogens with zero attached hydrogens (tertiary/aromatic N) is 4. The van der Waals surface area contributed by atoms with E-state index in [9.17, 15) is 4.79 Å². The van der Waals surface area contributed by atoms with Gasteiger partial charge >= 0.3 is 5.97 Å². The molecule has 0 aliphatic heterocycles. The normalized spacial score (nSPS) is 10.4. The van der Waals surface area contributed by atoms with Crippen LogP contribution in [0.2, 0.25) is 0 Å². The van der Waals surface area contributed by atoms with E-state index in [4.69, 9.17) is 5.11 Å². The Balaban J connectivity index is 2.49. The first-order chi connectivity index (χ1) is 6.74. The number of hydrogen-bond donors (Lipinski definition) is 1. The zero-order valence-corrected chi connectivity index (χ0v) is 9.22. The first-order valence-electron chi connectivity index (χ1n) is 3.83. The molecule has 0 atom stereocenters. The van der Waals surface area contributed by atoms with E-state index in [1.54, 1.807) is 11.8 Å². The third-order valence-electron chi connectivity index (χ3n) is 1.30. The number of carboxylic acids is 1. The van der Waals surface area contributed by atoms with Crippen LogP contribution in [0.1, 0.15) is 0 Å². The molecule has 0 unspecified atom stereocenters. The quantitative estimate of drug-likeness (QED) is 0.556. The van der Waals surface area contributed by atoms with Crippen LogP contribution >= 0.6 is 23.5 Å². The Kier molecular flexibility index (Phi) is 4.74. The predicted molar refractivity (Wildman–Crippen MR) is 54.6 cm³/mol. The zero-order valence-electron chi connectivity index (χ0n) is 7.58. The van der Waals surface area contributed by atoms with Gasteiger partial charge in [0.2, 0.25) is 5.16 Å². The van der Waals surface area contributed by atoms with Crippen molar-refractivity contribution in [3.05, 3.63) is 0 Å². The zero-order chi connectivity index (χ0) is 10.4. The molecule has 8 heteroatoms. The molecule has 0 saturated heterocycles. The maximum atomic E-state index is 10.4. The third kappa shape index (κ3) is 3.54. The highest BCUT2D eigenvalue weighted by atomic mass is 32.2. The van der Waals surface area contributed by atoms with Gasteiger partial charge in [-0.2, -0.15) is 11.8 Å². The molecule has 1 rings (SSSR count). The number of aromatic nitrogens is 4. The Bertz CT molecular complexity index is 304. The van der Waals surface area contributed by atoms with E-state index in [2.05, 4.69) is 15.5 Å². The summed E-state index contributed by atoms with van der Waals surface area (Å²) in [6.45, 7) is -0.186. The minimum Gasteiger partial charge on any atom is -0.480 e. The molecule has 1 N–H and O–H groups in total. The van der Waals surface area contributed by atoms with Gasteiger partial charge in [-0.1, -0.05) is 11.8 Å². The molecule has 0 aromatic carbocycles. The van der Waals surface area contributed by atoms with Crippen LogP contribution < -0.4 is 0 Å². The number of carboxylic acid groups (broad SMARTS) is 1. The third-order valence-corrected chi connectivity index (χ3v) is 3.13. The summed E-state index contributed by atoms with van der Waals surface area (Å²) in [6, 6.07) is 0. The second-order valence-corrected chi connectivity index (χ2v) is 4.40. The largest absolute Gasteiger partial charge is 0.480 e. The molecule has 14 heavy (non-hydrogen) atoms. The van der Waals surface area contributed by atoms with E-state index in [1.807, 2.05) is 6.26 Å². The second kappa shape index (κ2) is 5.86. The minimum atomic E-state index is -0.941. The average Bonchev–Trinajstić information content (AvgIpc) is 2.52. The Morgan fingerprint density at radius 1 is 1.57 bits per heavy atom. The minimum absolute atomic E-state index is 0.186. The summed E-state index contributed by atoms with van der Waals surface area (Å²) in [5.41, 5.74) is 0. The topological polar surface area (TPSA) is 80.9 Å². The van der Waals surface area contributed by atoms with Crippen LogP contribution in [-0.4, -0.2) is 49.0 Å². The summed E-state index contributed by atoms with van der Waals surface area (Å²) < 4.78 is 1.29. The molecular weight excluding hydrogens is 224 g/mol. The van der Waals surface area contributed by atoms with Gasteiger partial charge < -0.3 is 5.11 Å². The fraction of sp³-hybridized carbons (Fsp3) is 0.667. The number of aliphatic carboxylic acids is 1. The number of tetrazole rings is 1. The van der Waals surface area contributed by atoms with Gasteiger partial charge in [-0.05, 0) is 16.7 Å². The summed E-state index contributed by atoms with van der Waals surface area (Å²) in [6.07, 6.45) is 2.01. The van der Waals surface area contributed by atoms with E-state index < -0.39 is 5.97 Å². The smallest absolute Gasteiger partial charge is 0.325 e. The lowest BCUT2D eigenvalue weighted by Gasteiger charge is -1.99. The maximum Gasteiger partial charge on any atom is 0.325 e. The van der Waals surface area contributed by atoms with Gasteiger partial charge in [-0.25, -0.2) is 4.68 Å². The molecule has 1 aromatic heterocycles. The highest BCUT2D eigenvalue weighted by Gasteiger charge is 2.08. The SMILES string of the molecule is CSCCSc1nnnn1CC(=O)O. The van der Waals surface area contributed by atoms with Gasteiger partial charge in [0.1, 0.15) is 6.54 Å². The van der Waals surface area contributed by atoms with Gasteiger partial charge in [-0.15, -0.1) is 5.10 Å². The molecule has 0 fully saturated rings. The van der Waals surface area contributed by atoms with Crippen molar-refractivity contribution in [2.45, 2.75) is 11.7 Å². The van der Waals surface area contributed by atoms with Crippen molar-refractivity contribution in [2.24, 2.45) is 0 Å². The number of rotatable bonds is 6. The van der Waals surface area contributed by atoms with Crippen LogP contribution in [0.25, 0.3) is 0 Å². The maximum absolute atomic E-state index is 10.4. The first kappa shape index (κ1) is 11.3. The summed E-state index contributed by atoms with van der Waals surface area (Å²) >= 11 is 3.19. The van der Waals surface area contributed by atoms with Crippen LogP contribution in [0.4, 0.5) is 0 Å². The van der Waals surface area contributed by atoms with Gasteiger partial charge in [-0.3, -0.25) is 4.79 Å². The molecule has 0 aliphatic carbocycles.